The van der Waals surface area contributed by atoms with Crippen LogP contribution in [0.3, 0.4) is 0 Å². The van der Waals surface area contributed by atoms with Crippen LogP contribution in [-0.4, -0.2) is 18.6 Å². The van der Waals surface area contributed by atoms with Crippen molar-refractivity contribution in [1.82, 2.24) is 0 Å². The minimum atomic E-state index is -5.62. The van der Waals surface area contributed by atoms with E-state index in [1.807, 2.05) is 0 Å². The first-order chi connectivity index (χ1) is 2.00. The molecule has 0 aromatic carbocycles. The smallest absolute Gasteiger partial charge is 1.00 e. The zero-order valence-corrected chi connectivity index (χ0v) is 8.24. The van der Waals surface area contributed by atoms with Crippen LogP contribution in [0.2, 0.25) is 0 Å². The van der Waals surface area contributed by atoms with Gasteiger partial charge in [0, 0.05) is 0 Å². The van der Waals surface area contributed by atoms with Gasteiger partial charge < -0.3 is 0 Å². The molecule has 0 bridgehead atoms. The van der Waals surface area contributed by atoms with Gasteiger partial charge in [0.1, 0.15) is 0 Å². The van der Waals surface area contributed by atoms with E-state index in [1.54, 1.807) is 0 Å². The van der Waals surface area contributed by atoms with E-state index >= 15 is 0 Å². The Morgan fingerprint density at radius 3 is 1.43 bits per heavy atom. The average molecular weight is 226 g/mol. The minimum Gasteiger partial charge on any atom is 1.00 e. The molecule has 0 unspecified atom stereocenters. The summed E-state index contributed by atoms with van der Waals surface area (Å²) in [7, 11) is 0. The molecular formula is HAsCuNaO4. The maximum Gasteiger partial charge on any atom is 1.00 e. The van der Waals surface area contributed by atoms with Crippen molar-refractivity contribution >= 4 is 14.5 Å². The summed E-state index contributed by atoms with van der Waals surface area (Å²) in [6, 6.07) is 0. The molecule has 0 rings (SSSR count). The molecule has 0 aromatic heterocycles. The van der Waals surface area contributed by atoms with E-state index in [9.17, 15) is 0 Å². The molecule has 0 heterocycles. The van der Waals surface area contributed by atoms with Crippen molar-refractivity contribution in [2.24, 2.45) is 0 Å². The van der Waals surface area contributed by atoms with Gasteiger partial charge in [-0.1, -0.05) is 0 Å². The van der Waals surface area contributed by atoms with E-state index in [1.165, 1.54) is 0 Å². The maximum atomic E-state index is 8.72. The molecule has 7 heavy (non-hydrogen) atoms. The van der Waals surface area contributed by atoms with Gasteiger partial charge in [-0.25, -0.2) is 0 Å². The van der Waals surface area contributed by atoms with Crippen LogP contribution in [0.5, 0.6) is 0 Å². The number of hydrogen-bond donors (Lipinski definition) is 1. The van der Waals surface area contributed by atoms with Gasteiger partial charge >= 0.3 is 77.2 Å². The summed E-state index contributed by atoms with van der Waals surface area (Å²) in [5, 5.41) is 0. The largest absolute Gasteiger partial charge is 1.00 e. The van der Waals surface area contributed by atoms with Crippen LogP contribution in [-0.2, 0) is 20.8 Å². The first-order valence-electron chi connectivity index (χ1n) is 0.748. The SMILES string of the molecule is O=[As]([O-])([O-])O.[Cu+].[Na+]. The molecule has 42 valence electrons. The van der Waals surface area contributed by atoms with Gasteiger partial charge in [-0.15, -0.1) is 0 Å². The van der Waals surface area contributed by atoms with Gasteiger partial charge in [0.15, 0.2) is 0 Å². The second-order valence-electron chi connectivity index (χ2n) is 0.469. The third-order valence-corrected chi connectivity index (χ3v) is 0. The Morgan fingerprint density at radius 2 is 1.43 bits per heavy atom. The van der Waals surface area contributed by atoms with Crippen molar-refractivity contribution in [1.29, 1.82) is 0 Å². The summed E-state index contributed by atoms with van der Waals surface area (Å²) in [5.41, 5.74) is 0. The van der Waals surface area contributed by atoms with Crippen LogP contribution in [0, 0.1) is 0 Å². The van der Waals surface area contributed by atoms with Crippen LogP contribution in [0.25, 0.3) is 0 Å². The summed E-state index contributed by atoms with van der Waals surface area (Å²) in [5.74, 6) is 0. The van der Waals surface area contributed by atoms with Crippen LogP contribution >= 0.6 is 0 Å². The summed E-state index contributed by atoms with van der Waals surface area (Å²) in [4.78, 5) is 0. The molecule has 0 aromatic rings. The molecule has 0 saturated carbocycles. The molecule has 1 N–H and O–H groups in total. The Morgan fingerprint density at radius 1 is 1.43 bits per heavy atom. The summed E-state index contributed by atoms with van der Waals surface area (Å²) < 4.78 is 33.2. The first-order valence-corrected chi connectivity index (χ1v) is 3.89. The first kappa shape index (κ1) is 15.9. The van der Waals surface area contributed by atoms with E-state index in [2.05, 4.69) is 0 Å². The zero-order chi connectivity index (χ0) is 4.50. The van der Waals surface area contributed by atoms with Gasteiger partial charge in [0.2, 0.25) is 0 Å². The molecule has 0 aliphatic heterocycles. The van der Waals surface area contributed by atoms with E-state index < -0.39 is 14.5 Å². The fourth-order valence-corrected chi connectivity index (χ4v) is 0. The van der Waals surface area contributed by atoms with Crippen LogP contribution in [0.15, 0.2) is 0 Å². The summed E-state index contributed by atoms with van der Waals surface area (Å²) >= 11 is -5.62. The predicted molar refractivity (Wildman–Crippen MR) is 8.66 cm³/mol. The Hall–Kier alpha value is 1.76. The number of hydrogen-bond acceptors (Lipinski definition) is 3. The third-order valence-electron chi connectivity index (χ3n) is 0. The van der Waals surface area contributed by atoms with Crippen molar-refractivity contribution in [2.45, 2.75) is 0 Å². The fraction of sp³-hybridized carbons (Fsp3) is 0. The van der Waals surface area contributed by atoms with E-state index in [0.29, 0.717) is 0 Å². The van der Waals surface area contributed by atoms with Crippen molar-refractivity contribution in [3.63, 3.8) is 0 Å². The molecule has 0 amide bonds. The molecule has 7 heteroatoms. The summed E-state index contributed by atoms with van der Waals surface area (Å²) in [6.45, 7) is 0. The molecule has 0 radical (unpaired) electrons. The topological polar surface area (TPSA) is 83.4 Å². The van der Waals surface area contributed by atoms with Crippen molar-refractivity contribution in [2.75, 3.05) is 0 Å². The van der Waals surface area contributed by atoms with Crippen molar-refractivity contribution < 1.29 is 62.7 Å². The normalized spacial score (nSPS) is 8.43. The Kier molecular flexibility index (Phi) is 13.4. The molecule has 0 atom stereocenters. The maximum absolute atomic E-state index is 8.72. The van der Waals surface area contributed by atoms with Crippen LogP contribution in [0.1, 0.15) is 0 Å². The van der Waals surface area contributed by atoms with Crippen LogP contribution < -0.4 is 37.7 Å². The molecule has 0 spiro atoms. The van der Waals surface area contributed by atoms with Gasteiger partial charge in [-0.05, 0) is 0 Å². The number of rotatable bonds is 0. The molecule has 0 saturated heterocycles. The molecular weight excluding hydrogens is 225 g/mol. The molecule has 0 fully saturated rings. The van der Waals surface area contributed by atoms with Gasteiger partial charge in [-0.2, -0.15) is 0 Å². The molecule has 0 aliphatic carbocycles. The third kappa shape index (κ3) is 83.2. The summed E-state index contributed by atoms with van der Waals surface area (Å²) in [6.07, 6.45) is 0. The Balaban J connectivity index is -0.0000000800. The fourth-order valence-electron chi connectivity index (χ4n) is 0. The van der Waals surface area contributed by atoms with Gasteiger partial charge in [-0.3, -0.25) is 0 Å². The van der Waals surface area contributed by atoms with Crippen molar-refractivity contribution in [3.8, 4) is 0 Å². The zero-order valence-electron chi connectivity index (χ0n) is 3.42. The standard InChI is InChI=1S/AsH3O4.Cu.Na/c2-1(3,4)5;;/h(H3,2,3,4,5);;/q;2*+1/p-2. The molecule has 0 aliphatic rings. The van der Waals surface area contributed by atoms with Crippen molar-refractivity contribution in [3.05, 3.63) is 0 Å². The monoisotopic (exact) mass is 226 g/mol. The second-order valence-corrected chi connectivity index (χ2v) is 2.43. The molecule has 4 nitrogen and oxygen atoms in total. The Bertz CT molecular complexity index is 57.8. The average Bonchev–Trinajstić information content (AvgIpc) is 0.722. The minimum absolute atomic E-state index is 0. The second kappa shape index (κ2) is 5.89. The van der Waals surface area contributed by atoms with Crippen LogP contribution in [0.4, 0.5) is 0 Å². The predicted octanol–water partition coefficient (Wildman–Crippen LogP) is -6.43. The van der Waals surface area contributed by atoms with E-state index in [0.717, 1.165) is 0 Å². The Labute approximate surface area is 76.4 Å². The van der Waals surface area contributed by atoms with Gasteiger partial charge in [0.05, 0.1) is 0 Å². The quantitative estimate of drug-likeness (QED) is 0.417. The van der Waals surface area contributed by atoms with E-state index in [-0.39, 0.29) is 46.6 Å². The van der Waals surface area contributed by atoms with E-state index in [4.69, 9.17) is 16.0 Å². The van der Waals surface area contributed by atoms with Gasteiger partial charge in [0.25, 0.3) is 0 Å².